The molecule has 0 aromatic carbocycles. The van der Waals surface area contributed by atoms with Gasteiger partial charge in [-0.1, -0.05) is 13.8 Å². The van der Waals surface area contributed by atoms with E-state index in [9.17, 15) is 0 Å². The standard InChI is InChI=1S/C8H13BrN2/c1-3-5-11-6-7(9)10-8(11)4-2/h6H,3-5H2,1-2H3. The number of hydrogen-bond donors (Lipinski definition) is 0. The Bertz CT molecular complexity index is 230. The number of imidazole rings is 1. The summed E-state index contributed by atoms with van der Waals surface area (Å²) in [6.45, 7) is 5.37. The Morgan fingerprint density at radius 2 is 2.27 bits per heavy atom. The summed E-state index contributed by atoms with van der Waals surface area (Å²) in [6, 6.07) is 0. The molecule has 1 rings (SSSR count). The van der Waals surface area contributed by atoms with Crippen LogP contribution in [0.5, 0.6) is 0 Å². The van der Waals surface area contributed by atoms with Crippen molar-refractivity contribution < 1.29 is 0 Å². The van der Waals surface area contributed by atoms with E-state index in [1.54, 1.807) is 0 Å². The molecule has 0 bridgehead atoms. The maximum absolute atomic E-state index is 4.33. The zero-order valence-corrected chi connectivity index (χ0v) is 8.56. The Labute approximate surface area is 75.8 Å². The molecule has 0 aliphatic carbocycles. The molecule has 0 atom stereocenters. The lowest BCUT2D eigenvalue weighted by Crippen LogP contribution is -2.00. The summed E-state index contributed by atoms with van der Waals surface area (Å²) in [4.78, 5) is 4.33. The number of nitrogens with zero attached hydrogens (tertiary/aromatic N) is 2. The quantitative estimate of drug-likeness (QED) is 0.760. The molecule has 0 aliphatic rings. The highest BCUT2D eigenvalue weighted by molar-refractivity contribution is 9.10. The van der Waals surface area contributed by atoms with Gasteiger partial charge in [-0.15, -0.1) is 0 Å². The normalized spacial score (nSPS) is 10.5. The molecule has 2 nitrogen and oxygen atoms in total. The molecule has 0 amide bonds. The highest BCUT2D eigenvalue weighted by Crippen LogP contribution is 2.10. The first kappa shape index (κ1) is 8.78. The fraction of sp³-hybridized carbons (Fsp3) is 0.625. The number of hydrogen-bond acceptors (Lipinski definition) is 1. The first-order chi connectivity index (χ1) is 5.27. The summed E-state index contributed by atoms with van der Waals surface area (Å²) in [6.07, 6.45) is 4.21. The Morgan fingerprint density at radius 1 is 1.55 bits per heavy atom. The van der Waals surface area contributed by atoms with E-state index in [0.717, 1.165) is 24.0 Å². The van der Waals surface area contributed by atoms with Gasteiger partial charge in [-0.25, -0.2) is 4.98 Å². The summed E-state index contributed by atoms with van der Waals surface area (Å²) in [5.41, 5.74) is 0. The lowest BCUT2D eigenvalue weighted by atomic mass is 10.4. The van der Waals surface area contributed by atoms with E-state index < -0.39 is 0 Å². The minimum Gasteiger partial charge on any atom is -0.334 e. The summed E-state index contributed by atoms with van der Waals surface area (Å²) >= 11 is 3.36. The van der Waals surface area contributed by atoms with Gasteiger partial charge in [-0.2, -0.15) is 0 Å². The van der Waals surface area contributed by atoms with Gasteiger partial charge in [0.25, 0.3) is 0 Å². The molecule has 0 fully saturated rings. The zero-order valence-electron chi connectivity index (χ0n) is 6.97. The zero-order chi connectivity index (χ0) is 8.27. The van der Waals surface area contributed by atoms with Gasteiger partial charge >= 0.3 is 0 Å². The molecule has 0 saturated carbocycles. The van der Waals surface area contributed by atoms with Crippen LogP contribution in [-0.4, -0.2) is 9.55 Å². The van der Waals surface area contributed by atoms with Crippen LogP contribution in [0.15, 0.2) is 10.8 Å². The van der Waals surface area contributed by atoms with Crippen molar-refractivity contribution in [2.75, 3.05) is 0 Å². The summed E-state index contributed by atoms with van der Waals surface area (Å²) in [7, 11) is 0. The third-order valence-electron chi connectivity index (χ3n) is 1.61. The third-order valence-corrected chi connectivity index (χ3v) is 1.99. The lowest BCUT2D eigenvalue weighted by molar-refractivity contribution is 0.642. The molecular formula is C8H13BrN2. The number of aromatic nitrogens is 2. The van der Waals surface area contributed by atoms with Crippen molar-refractivity contribution in [1.29, 1.82) is 0 Å². The highest BCUT2D eigenvalue weighted by Gasteiger charge is 2.01. The Hall–Kier alpha value is -0.310. The maximum atomic E-state index is 4.33. The molecule has 1 heterocycles. The van der Waals surface area contributed by atoms with Gasteiger partial charge in [0.05, 0.1) is 0 Å². The second kappa shape index (κ2) is 3.90. The first-order valence-corrected chi connectivity index (χ1v) is 4.78. The molecule has 11 heavy (non-hydrogen) atoms. The molecule has 0 radical (unpaired) electrons. The van der Waals surface area contributed by atoms with E-state index in [1.165, 1.54) is 5.82 Å². The predicted octanol–water partition coefficient (Wildman–Crippen LogP) is 2.62. The molecule has 62 valence electrons. The van der Waals surface area contributed by atoms with Crippen molar-refractivity contribution in [2.45, 2.75) is 33.2 Å². The number of rotatable bonds is 3. The Balaban J connectivity index is 2.83. The Morgan fingerprint density at radius 3 is 2.82 bits per heavy atom. The van der Waals surface area contributed by atoms with Crippen molar-refractivity contribution in [3.63, 3.8) is 0 Å². The van der Waals surface area contributed by atoms with Crippen LogP contribution in [0.2, 0.25) is 0 Å². The van der Waals surface area contributed by atoms with Gasteiger partial charge in [0.2, 0.25) is 0 Å². The molecule has 3 heteroatoms. The molecule has 0 saturated heterocycles. The maximum Gasteiger partial charge on any atom is 0.124 e. The minimum absolute atomic E-state index is 0.947. The average Bonchev–Trinajstić information content (AvgIpc) is 2.32. The van der Waals surface area contributed by atoms with E-state index in [4.69, 9.17) is 0 Å². The van der Waals surface area contributed by atoms with Gasteiger partial charge in [0.15, 0.2) is 0 Å². The van der Waals surface area contributed by atoms with Crippen LogP contribution in [0.4, 0.5) is 0 Å². The van der Waals surface area contributed by atoms with E-state index in [2.05, 4.69) is 39.3 Å². The molecule has 0 aliphatic heterocycles. The van der Waals surface area contributed by atoms with Gasteiger partial charge < -0.3 is 4.57 Å². The Kier molecular flexibility index (Phi) is 3.12. The number of aryl methyl sites for hydroxylation is 2. The van der Waals surface area contributed by atoms with Crippen molar-refractivity contribution in [3.8, 4) is 0 Å². The van der Waals surface area contributed by atoms with Crippen molar-refractivity contribution in [1.82, 2.24) is 9.55 Å². The second-order valence-electron chi connectivity index (χ2n) is 2.53. The van der Waals surface area contributed by atoms with E-state index in [1.807, 2.05) is 6.20 Å². The molecular weight excluding hydrogens is 204 g/mol. The second-order valence-corrected chi connectivity index (χ2v) is 3.34. The lowest BCUT2D eigenvalue weighted by Gasteiger charge is -2.01. The fourth-order valence-corrected chi connectivity index (χ4v) is 1.59. The first-order valence-electron chi connectivity index (χ1n) is 3.99. The molecule has 0 unspecified atom stereocenters. The van der Waals surface area contributed by atoms with E-state index >= 15 is 0 Å². The van der Waals surface area contributed by atoms with Crippen LogP contribution in [0, 0.1) is 0 Å². The summed E-state index contributed by atoms with van der Waals surface area (Å²) < 4.78 is 3.15. The van der Waals surface area contributed by atoms with Crippen molar-refractivity contribution in [2.24, 2.45) is 0 Å². The largest absolute Gasteiger partial charge is 0.334 e. The highest BCUT2D eigenvalue weighted by atomic mass is 79.9. The van der Waals surface area contributed by atoms with Crippen LogP contribution in [-0.2, 0) is 13.0 Å². The average molecular weight is 217 g/mol. The van der Waals surface area contributed by atoms with Crippen LogP contribution >= 0.6 is 15.9 Å². The molecule has 0 spiro atoms. The third kappa shape index (κ3) is 2.06. The van der Waals surface area contributed by atoms with Crippen LogP contribution < -0.4 is 0 Å². The predicted molar refractivity (Wildman–Crippen MR) is 49.6 cm³/mol. The summed E-state index contributed by atoms with van der Waals surface area (Å²) in [5, 5.41) is 0. The topological polar surface area (TPSA) is 17.8 Å². The SMILES string of the molecule is CCCn1cc(Br)nc1CC. The molecule has 0 N–H and O–H groups in total. The van der Waals surface area contributed by atoms with Gasteiger partial charge in [0, 0.05) is 19.2 Å². The number of halogens is 1. The minimum atomic E-state index is 0.947. The van der Waals surface area contributed by atoms with Crippen molar-refractivity contribution >= 4 is 15.9 Å². The fourth-order valence-electron chi connectivity index (χ4n) is 1.14. The monoisotopic (exact) mass is 216 g/mol. The van der Waals surface area contributed by atoms with Crippen molar-refractivity contribution in [3.05, 3.63) is 16.6 Å². The van der Waals surface area contributed by atoms with Gasteiger partial charge in [-0.3, -0.25) is 0 Å². The van der Waals surface area contributed by atoms with E-state index in [0.29, 0.717) is 0 Å². The van der Waals surface area contributed by atoms with Gasteiger partial charge in [0.1, 0.15) is 10.4 Å². The van der Waals surface area contributed by atoms with Crippen LogP contribution in [0.25, 0.3) is 0 Å². The van der Waals surface area contributed by atoms with E-state index in [-0.39, 0.29) is 0 Å². The van der Waals surface area contributed by atoms with Crippen LogP contribution in [0.1, 0.15) is 26.1 Å². The van der Waals surface area contributed by atoms with Gasteiger partial charge in [-0.05, 0) is 22.4 Å². The molecule has 1 aromatic heterocycles. The smallest absolute Gasteiger partial charge is 0.124 e. The summed E-state index contributed by atoms with van der Waals surface area (Å²) in [5.74, 6) is 1.17. The van der Waals surface area contributed by atoms with Crippen LogP contribution in [0.3, 0.4) is 0 Å². The molecule has 1 aromatic rings.